The molecule has 1 saturated heterocycles. The van der Waals surface area contributed by atoms with Crippen molar-refractivity contribution in [2.45, 2.75) is 33.0 Å². The first kappa shape index (κ1) is 15.3. The van der Waals surface area contributed by atoms with Crippen molar-refractivity contribution in [1.29, 1.82) is 0 Å². The van der Waals surface area contributed by atoms with Crippen LogP contribution in [0.1, 0.15) is 19.5 Å². The molecule has 1 aromatic heterocycles. The number of aryl methyl sites for hydroxylation is 1. The number of benzene rings is 1. The SMILES string of the molecule is CCn1nc(CN2CCNC[C@@H]2C)c2ccccc21.Cl. The van der Waals surface area contributed by atoms with Crippen LogP contribution in [0.25, 0.3) is 10.9 Å². The number of nitrogens with one attached hydrogen (secondary N) is 1. The van der Waals surface area contributed by atoms with E-state index < -0.39 is 0 Å². The maximum atomic E-state index is 4.79. The van der Waals surface area contributed by atoms with Crippen LogP contribution in [0.15, 0.2) is 24.3 Å². The fourth-order valence-electron chi connectivity index (χ4n) is 2.86. The Morgan fingerprint density at radius 2 is 2.15 bits per heavy atom. The van der Waals surface area contributed by atoms with Crippen LogP contribution < -0.4 is 5.32 Å². The maximum Gasteiger partial charge on any atom is 0.0843 e. The van der Waals surface area contributed by atoms with Gasteiger partial charge in [-0.15, -0.1) is 12.4 Å². The lowest BCUT2D eigenvalue weighted by Crippen LogP contribution is -2.49. The molecule has 20 heavy (non-hydrogen) atoms. The summed E-state index contributed by atoms with van der Waals surface area (Å²) >= 11 is 0. The number of rotatable bonds is 3. The molecule has 110 valence electrons. The molecule has 0 spiro atoms. The Morgan fingerprint density at radius 3 is 2.90 bits per heavy atom. The standard InChI is InChI=1S/C15H22N4.ClH/c1-3-19-15-7-5-4-6-13(15)14(17-19)11-18-9-8-16-10-12(18)2;/h4-7,12,16H,3,8-11H2,1-2H3;1H/t12-;/m0./s1. The second-order valence-electron chi connectivity index (χ2n) is 5.30. The second-order valence-corrected chi connectivity index (χ2v) is 5.30. The molecule has 0 aliphatic carbocycles. The monoisotopic (exact) mass is 294 g/mol. The molecule has 1 atom stereocenters. The first-order chi connectivity index (χ1) is 9.29. The summed E-state index contributed by atoms with van der Waals surface area (Å²) in [6, 6.07) is 9.13. The topological polar surface area (TPSA) is 33.1 Å². The number of aromatic nitrogens is 2. The second kappa shape index (κ2) is 6.57. The fraction of sp³-hybridized carbons (Fsp3) is 0.533. The number of hydrogen-bond donors (Lipinski definition) is 1. The van der Waals surface area contributed by atoms with Crippen molar-refractivity contribution in [2.24, 2.45) is 0 Å². The quantitative estimate of drug-likeness (QED) is 0.943. The van der Waals surface area contributed by atoms with Crippen molar-refractivity contribution in [3.63, 3.8) is 0 Å². The molecule has 0 bridgehead atoms. The van der Waals surface area contributed by atoms with E-state index in [0.717, 1.165) is 32.7 Å². The van der Waals surface area contributed by atoms with Gasteiger partial charge >= 0.3 is 0 Å². The van der Waals surface area contributed by atoms with Crippen molar-refractivity contribution in [1.82, 2.24) is 20.0 Å². The molecule has 1 N–H and O–H groups in total. The summed E-state index contributed by atoms with van der Waals surface area (Å²) in [6.45, 7) is 9.58. The molecule has 1 aliphatic rings. The van der Waals surface area contributed by atoms with Crippen LogP contribution in [0.5, 0.6) is 0 Å². The lowest BCUT2D eigenvalue weighted by atomic mass is 10.1. The summed E-state index contributed by atoms with van der Waals surface area (Å²) in [4.78, 5) is 2.52. The van der Waals surface area contributed by atoms with Gasteiger partial charge in [-0.3, -0.25) is 9.58 Å². The van der Waals surface area contributed by atoms with Gasteiger partial charge in [0.15, 0.2) is 0 Å². The smallest absolute Gasteiger partial charge is 0.0843 e. The van der Waals surface area contributed by atoms with E-state index in [2.05, 4.69) is 53.0 Å². The van der Waals surface area contributed by atoms with Crippen LogP contribution in [-0.4, -0.2) is 40.4 Å². The summed E-state index contributed by atoms with van der Waals surface area (Å²) in [7, 11) is 0. The third-order valence-electron chi connectivity index (χ3n) is 4.03. The molecule has 0 radical (unpaired) electrons. The minimum atomic E-state index is 0. The summed E-state index contributed by atoms with van der Waals surface area (Å²) in [6.07, 6.45) is 0. The zero-order chi connectivity index (χ0) is 13.2. The number of piperazine rings is 1. The summed E-state index contributed by atoms with van der Waals surface area (Å²) in [5, 5.41) is 9.53. The lowest BCUT2D eigenvalue weighted by Gasteiger charge is -2.33. The van der Waals surface area contributed by atoms with E-state index in [-0.39, 0.29) is 12.4 Å². The van der Waals surface area contributed by atoms with Crippen LogP contribution in [0.4, 0.5) is 0 Å². The van der Waals surface area contributed by atoms with E-state index in [4.69, 9.17) is 5.10 Å². The van der Waals surface area contributed by atoms with Crippen molar-refractivity contribution in [3.05, 3.63) is 30.0 Å². The summed E-state index contributed by atoms with van der Waals surface area (Å²) in [5.74, 6) is 0. The van der Waals surface area contributed by atoms with Crippen LogP contribution >= 0.6 is 12.4 Å². The average molecular weight is 295 g/mol. The minimum absolute atomic E-state index is 0. The molecule has 3 rings (SSSR count). The van der Waals surface area contributed by atoms with Crippen LogP contribution in [-0.2, 0) is 13.1 Å². The predicted molar refractivity (Wildman–Crippen MR) is 85.4 cm³/mol. The van der Waals surface area contributed by atoms with Gasteiger partial charge in [0.25, 0.3) is 0 Å². The Labute approximate surface area is 126 Å². The normalized spacial score (nSPS) is 20.0. The molecule has 5 heteroatoms. The molecule has 2 aromatic rings. The van der Waals surface area contributed by atoms with Crippen molar-refractivity contribution >= 4 is 23.3 Å². The lowest BCUT2D eigenvalue weighted by molar-refractivity contribution is 0.164. The third kappa shape index (κ3) is 2.82. The van der Waals surface area contributed by atoms with Gasteiger partial charge < -0.3 is 5.32 Å². The molecule has 0 amide bonds. The van der Waals surface area contributed by atoms with E-state index in [1.807, 2.05) is 0 Å². The molecule has 1 aromatic carbocycles. The number of halogens is 1. The molecular weight excluding hydrogens is 272 g/mol. The Kier molecular flexibility index (Phi) is 5.02. The first-order valence-corrected chi connectivity index (χ1v) is 7.18. The number of nitrogens with zero attached hydrogens (tertiary/aromatic N) is 3. The van der Waals surface area contributed by atoms with E-state index in [1.54, 1.807) is 0 Å². The molecule has 2 heterocycles. The zero-order valence-corrected chi connectivity index (χ0v) is 13.0. The average Bonchev–Trinajstić information content (AvgIpc) is 2.80. The Bertz CT molecular complexity index is 566. The van der Waals surface area contributed by atoms with E-state index >= 15 is 0 Å². The largest absolute Gasteiger partial charge is 0.314 e. The van der Waals surface area contributed by atoms with Crippen LogP contribution in [0, 0.1) is 0 Å². The number of hydrogen-bond acceptors (Lipinski definition) is 3. The highest BCUT2D eigenvalue weighted by atomic mass is 35.5. The summed E-state index contributed by atoms with van der Waals surface area (Å²) in [5.41, 5.74) is 2.47. The van der Waals surface area contributed by atoms with Gasteiger partial charge in [-0.1, -0.05) is 18.2 Å². The minimum Gasteiger partial charge on any atom is -0.314 e. The van der Waals surface area contributed by atoms with Crippen molar-refractivity contribution in [3.8, 4) is 0 Å². The van der Waals surface area contributed by atoms with Gasteiger partial charge in [0.1, 0.15) is 0 Å². The van der Waals surface area contributed by atoms with Crippen LogP contribution in [0.2, 0.25) is 0 Å². The maximum absolute atomic E-state index is 4.79. The number of para-hydroxylation sites is 1. The van der Waals surface area contributed by atoms with Gasteiger partial charge in [0.05, 0.1) is 11.2 Å². The molecule has 1 fully saturated rings. The van der Waals surface area contributed by atoms with E-state index in [9.17, 15) is 0 Å². The summed E-state index contributed by atoms with van der Waals surface area (Å²) < 4.78 is 2.11. The van der Waals surface area contributed by atoms with Gasteiger partial charge in [-0.2, -0.15) is 5.10 Å². The molecule has 1 aliphatic heterocycles. The Hall–Kier alpha value is -1.10. The van der Waals surface area contributed by atoms with Crippen molar-refractivity contribution in [2.75, 3.05) is 19.6 Å². The highest BCUT2D eigenvalue weighted by Crippen LogP contribution is 2.20. The first-order valence-electron chi connectivity index (χ1n) is 7.18. The Morgan fingerprint density at radius 1 is 1.35 bits per heavy atom. The van der Waals surface area contributed by atoms with Gasteiger partial charge in [-0.25, -0.2) is 0 Å². The van der Waals surface area contributed by atoms with E-state index in [1.165, 1.54) is 16.6 Å². The molecule has 0 saturated carbocycles. The third-order valence-corrected chi connectivity index (χ3v) is 4.03. The fourth-order valence-corrected chi connectivity index (χ4v) is 2.86. The van der Waals surface area contributed by atoms with Gasteiger partial charge in [-0.05, 0) is 19.9 Å². The molecule has 0 unspecified atom stereocenters. The highest BCUT2D eigenvalue weighted by molar-refractivity contribution is 5.85. The van der Waals surface area contributed by atoms with Gasteiger partial charge in [0.2, 0.25) is 0 Å². The Balaban J connectivity index is 0.00000147. The molecular formula is C15H23ClN4. The van der Waals surface area contributed by atoms with E-state index in [0.29, 0.717) is 6.04 Å². The predicted octanol–water partition coefficient (Wildman–Crippen LogP) is 2.27. The number of fused-ring (bicyclic) bond motifs is 1. The van der Waals surface area contributed by atoms with Crippen molar-refractivity contribution < 1.29 is 0 Å². The van der Waals surface area contributed by atoms with Crippen LogP contribution in [0.3, 0.4) is 0 Å². The molecule has 4 nitrogen and oxygen atoms in total. The highest BCUT2D eigenvalue weighted by Gasteiger charge is 2.20. The zero-order valence-electron chi connectivity index (χ0n) is 12.2. The van der Waals surface area contributed by atoms with Gasteiger partial charge in [0, 0.05) is 44.2 Å².